The standard InChI is InChI=1S/C15H21N3O6/c1-8(15(23)24)17-14(22)12(7-19)18-13(21)11(16)6-9-2-4-10(20)5-3-9/h2-5,8,11-12,19-20H,6-7,16H2,1H3,(H,17,22)(H,18,21)(H,23,24)/t8-,11-,12-/m0/s1. The molecule has 0 saturated heterocycles. The molecule has 1 aromatic rings. The largest absolute Gasteiger partial charge is 0.508 e. The van der Waals surface area contributed by atoms with E-state index in [9.17, 15) is 24.6 Å². The van der Waals surface area contributed by atoms with Gasteiger partial charge in [-0.25, -0.2) is 0 Å². The minimum atomic E-state index is -1.30. The first-order valence-corrected chi connectivity index (χ1v) is 7.22. The third kappa shape index (κ3) is 5.86. The lowest BCUT2D eigenvalue weighted by molar-refractivity contribution is -0.142. The van der Waals surface area contributed by atoms with Gasteiger partial charge in [0.15, 0.2) is 0 Å². The molecular weight excluding hydrogens is 318 g/mol. The van der Waals surface area contributed by atoms with Gasteiger partial charge in [-0.1, -0.05) is 12.1 Å². The number of carboxylic acids is 1. The molecule has 1 aromatic carbocycles. The molecule has 0 aliphatic rings. The molecule has 0 saturated carbocycles. The lowest BCUT2D eigenvalue weighted by Crippen LogP contribution is -2.55. The van der Waals surface area contributed by atoms with Crippen LogP contribution in [0.1, 0.15) is 12.5 Å². The van der Waals surface area contributed by atoms with Crippen molar-refractivity contribution < 1.29 is 29.7 Å². The molecule has 9 heteroatoms. The summed E-state index contributed by atoms with van der Waals surface area (Å²) in [7, 11) is 0. The van der Waals surface area contributed by atoms with Crippen LogP contribution < -0.4 is 16.4 Å². The molecule has 0 unspecified atom stereocenters. The molecule has 0 aromatic heterocycles. The van der Waals surface area contributed by atoms with E-state index in [4.69, 9.17) is 10.8 Å². The van der Waals surface area contributed by atoms with Crippen LogP contribution in [0.25, 0.3) is 0 Å². The third-order valence-electron chi connectivity index (χ3n) is 3.27. The molecule has 24 heavy (non-hydrogen) atoms. The number of nitrogens with one attached hydrogen (secondary N) is 2. The lowest BCUT2D eigenvalue weighted by atomic mass is 10.1. The van der Waals surface area contributed by atoms with Gasteiger partial charge in [-0.3, -0.25) is 14.4 Å². The minimum absolute atomic E-state index is 0.0846. The fraction of sp³-hybridized carbons (Fsp3) is 0.400. The molecule has 0 radical (unpaired) electrons. The Hall–Kier alpha value is -2.65. The van der Waals surface area contributed by atoms with Gasteiger partial charge in [-0.2, -0.15) is 0 Å². The number of carboxylic acid groups (broad SMARTS) is 1. The lowest BCUT2D eigenvalue weighted by Gasteiger charge is -2.20. The van der Waals surface area contributed by atoms with Gasteiger partial charge in [0.2, 0.25) is 11.8 Å². The Morgan fingerprint density at radius 1 is 1.12 bits per heavy atom. The van der Waals surface area contributed by atoms with Crippen LogP contribution in [0.4, 0.5) is 0 Å². The molecule has 1 rings (SSSR count). The number of phenolic OH excluding ortho intramolecular Hbond substituents is 1. The quantitative estimate of drug-likeness (QED) is 0.330. The van der Waals surface area contributed by atoms with Crippen LogP contribution in [0.5, 0.6) is 5.75 Å². The molecule has 0 fully saturated rings. The highest BCUT2D eigenvalue weighted by molar-refractivity contribution is 5.91. The fourth-order valence-corrected chi connectivity index (χ4v) is 1.83. The number of hydrogen-bond donors (Lipinski definition) is 6. The second-order valence-electron chi connectivity index (χ2n) is 5.29. The van der Waals surface area contributed by atoms with E-state index >= 15 is 0 Å². The number of aliphatic hydroxyl groups is 1. The Kier molecular flexibility index (Phi) is 7.15. The molecule has 0 heterocycles. The van der Waals surface area contributed by atoms with E-state index in [2.05, 4.69) is 10.6 Å². The molecule has 0 bridgehead atoms. The van der Waals surface area contributed by atoms with Crippen molar-refractivity contribution in [3.8, 4) is 5.75 Å². The highest BCUT2D eigenvalue weighted by atomic mass is 16.4. The normalized spacial score (nSPS) is 14.3. The number of hydrogen-bond acceptors (Lipinski definition) is 6. The summed E-state index contributed by atoms with van der Waals surface area (Å²) < 4.78 is 0. The van der Waals surface area contributed by atoms with E-state index in [0.29, 0.717) is 5.56 Å². The first kappa shape index (κ1) is 19.4. The van der Waals surface area contributed by atoms with Crippen molar-refractivity contribution in [1.82, 2.24) is 10.6 Å². The summed E-state index contributed by atoms with van der Waals surface area (Å²) >= 11 is 0. The van der Waals surface area contributed by atoms with Crippen LogP contribution in [0, 0.1) is 0 Å². The summed E-state index contributed by atoms with van der Waals surface area (Å²) in [4.78, 5) is 34.5. The molecule has 132 valence electrons. The Morgan fingerprint density at radius 3 is 2.21 bits per heavy atom. The van der Waals surface area contributed by atoms with Gasteiger partial charge in [0.1, 0.15) is 17.8 Å². The van der Waals surface area contributed by atoms with Crippen molar-refractivity contribution in [3.05, 3.63) is 29.8 Å². The molecule has 0 aliphatic heterocycles. The molecule has 3 atom stereocenters. The summed E-state index contributed by atoms with van der Waals surface area (Å²) in [5.41, 5.74) is 6.47. The van der Waals surface area contributed by atoms with Crippen LogP contribution in [-0.4, -0.2) is 57.8 Å². The maximum Gasteiger partial charge on any atom is 0.325 e. The molecule has 9 nitrogen and oxygen atoms in total. The van der Waals surface area contributed by atoms with Crippen molar-refractivity contribution in [2.45, 2.75) is 31.5 Å². The van der Waals surface area contributed by atoms with Crippen molar-refractivity contribution in [2.75, 3.05) is 6.61 Å². The van der Waals surface area contributed by atoms with E-state index in [1.165, 1.54) is 19.1 Å². The summed E-state index contributed by atoms with van der Waals surface area (Å²) in [5.74, 6) is -2.64. The Morgan fingerprint density at radius 2 is 1.71 bits per heavy atom. The fourth-order valence-electron chi connectivity index (χ4n) is 1.83. The van der Waals surface area contributed by atoms with Gasteiger partial charge >= 0.3 is 5.97 Å². The maximum atomic E-state index is 12.0. The molecular formula is C15H21N3O6. The Labute approximate surface area is 138 Å². The third-order valence-corrected chi connectivity index (χ3v) is 3.27. The number of carbonyl (C=O) groups excluding carboxylic acids is 2. The number of phenols is 1. The van der Waals surface area contributed by atoms with Crippen LogP contribution in [-0.2, 0) is 20.8 Å². The minimum Gasteiger partial charge on any atom is -0.508 e. The number of carbonyl (C=O) groups is 3. The predicted octanol–water partition coefficient (Wildman–Crippen LogP) is -1.67. The number of rotatable bonds is 8. The number of aliphatic carboxylic acids is 1. The zero-order chi connectivity index (χ0) is 18.3. The average molecular weight is 339 g/mol. The smallest absolute Gasteiger partial charge is 0.325 e. The number of amides is 2. The summed E-state index contributed by atoms with van der Waals surface area (Å²) in [6.07, 6.45) is 0.164. The van der Waals surface area contributed by atoms with Crippen LogP contribution >= 0.6 is 0 Å². The second-order valence-corrected chi connectivity index (χ2v) is 5.29. The predicted molar refractivity (Wildman–Crippen MR) is 84.0 cm³/mol. The van der Waals surface area contributed by atoms with Crippen molar-refractivity contribution in [1.29, 1.82) is 0 Å². The second kappa shape index (κ2) is 8.85. The van der Waals surface area contributed by atoms with Crippen molar-refractivity contribution >= 4 is 17.8 Å². The van der Waals surface area contributed by atoms with Gasteiger partial charge < -0.3 is 31.7 Å². The Bertz CT molecular complexity index is 589. The number of aliphatic hydroxyl groups excluding tert-OH is 1. The summed E-state index contributed by atoms with van der Waals surface area (Å²) in [6, 6.07) is 2.68. The molecule has 0 spiro atoms. The zero-order valence-corrected chi connectivity index (χ0v) is 13.1. The van der Waals surface area contributed by atoms with Gasteiger partial charge in [0, 0.05) is 0 Å². The molecule has 7 N–H and O–H groups in total. The highest BCUT2D eigenvalue weighted by Crippen LogP contribution is 2.10. The summed E-state index contributed by atoms with van der Waals surface area (Å²) in [6.45, 7) is 0.558. The average Bonchev–Trinajstić information content (AvgIpc) is 2.53. The van der Waals surface area contributed by atoms with Gasteiger partial charge in [0.05, 0.1) is 12.6 Å². The van der Waals surface area contributed by atoms with Crippen LogP contribution in [0.2, 0.25) is 0 Å². The number of benzene rings is 1. The highest BCUT2D eigenvalue weighted by Gasteiger charge is 2.25. The monoisotopic (exact) mass is 339 g/mol. The number of nitrogens with two attached hydrogens (primary N) is 1. The van der Waals surface area contributed by atoms with E-state index in [1.807, 2.05) is 0 Å². The first-order chi connectivity index (χ1) is 11.2. The van der Waals surface area contributed by atoms with E-state index < -0.39 is 42.5 Å². The van der Waals surface area contributed by atoms with Gasteiger partial charge in [-0.15, -0.1) is 0 Å². The number of aromatic hydroxyl groups is 1. The van der Waals surface area contributed by atoms with E-state index in [1.54, 1.807) is 12.1 Å². The summed E-state index contributed by atoms with van der Waals surface area (Å²) in [5, 5.41) is 31.6. The maximum absolute atomic E-state index is 12.0. The molecule has 2 amide bonds. The topological polar surface area (TPSA) is 162 Å². The van der Waals surface area contributed by atoms with Crippen LogP contribution in [0.15, 0.2) is 24.3 Å². The van der Waals surface area contributed by atoms with Crippen LogP contribution in [0.3, 0.4) is 0 Å². The van der Waals surface area contributed by atoms with Gasteiger partial charge in [0.25, 0.3) is 0 Å². The zero-order valence-electron chi connectivity index (χ0n) is 13.1. The van der Waals surface area contributed by atoms with Gasteiger partial charge in [-0.05, 0) is 31.0 Å². The SMILES string of the molecule is C[C@H](NC(=O)[C@H](CO)NC(=O)[C@@H](N)Cc1ccc(O)cc1)C(=O)O. The van der Waals surface area contributed by atoms with Crippen molar-refractivity contribution in [2.24, 2.45) is 5.73 Å². The molecule has 0 aliphatic carbocycles. The van der Waals surface area contributed by atoms with Crippen molar-refractivity contribution in [3.63, 3.8) is 0 Å². The first-order valence-electron chi connectivity index (χ1n) is 7.22. The van der Waals surface area contributed by atoms with E-state index in [-0.39, 0.29) is 12.2 Å². The van der Waals surface area contributed by atoms with E-state index in [0.717, 1.165) is 0 Å². The Balaban J connectivity index is 2.60.